The first kappa shape index (κ1) is 30.7. The molecule has 0 saturated heterocycles. The van der Waals surface area contributed by atoms with Crippen LogP contribution in [0.3, 0.4) is 0 Å². The molecule has 0 aliphatic carbocycles. The van der Waals surface area contributed by atoms with E-state index in [0.717, 1.165) is 44.1 Å². The van der Waals surface area contributed by atoms with Gasteiger partial charge in [0.25, 0.3) is 0 Å². The quantitative estimate of drug-likeness (QED) is 0.167. The molecule has 51 heavy (non-hydrogen) atoms. The van der Waals surface area contributed by atoms with Crippen molar-refractivity contribution in [2.75, 3.05) is 19.0 Å². The molecule has 238 valence electrons. The molecule has 0 atom stereocenters. The first-order chi connectivity index (χ1) is 24.6. The summed E-state index contributed by atoms with van der Waals surface area (Å²) in [5.41, 5.74) is 6.44. The van der Waals surface area contributed by atoms with Gasteiger partial charge in [-0.25, -0.2) is 9.97 Å². The predicted octanol–water partition coefficient (Wildman–Crippen LogP) is 7.98. The van der Waals surface area contributed by atoms with Crippen molar-refractivity contribution in [3.63, 3.8) is 0 Å². The van der Waals surface area contributed by atoms with Crippen molar-refractivity contribution in [2.45, 2.75) is 0 Å². The maximum absolute atomic E-state index is 6.52. The second kappa shape index (κ2) is 11.9. The summed E-state index contributed by atoms with van der Waals surface area (Å²) in [6.45, 7) is 0. The number of rotatable bonds is 3. The summed E-state index contributed by atoms with van der Waals surface area (Å²) < 4.78 is 6.52. The molecule has 5 heterocycles. The van der Waals surface area contributed by atoms with Crippen molar-refractivity contribution >= 4 is 49.8 Å². The maximum atomic E-state index is 6.52. The summed E-state index contributed by atoms with van der Waals surface area (Å²) in [5, 5.41) is 3.23. The Balaban J connectivity index is 0.00000348. The number of hydrogen-bond acceptors (Lipinski definition) is 8. The smallest absolute Gasteiger partial charge is 0.457 e. The Labute approximate surface area is 304 Å². The van der Waals surface area contributed by atoms with E-state index in [9.17, 15) is 0 Å². The molecule has 0 spiro atoms. The van der Waals surface area contributed by atoms with Gasteiger partial charge in [0, 0.05) is 70.0 Å². The zero-order valence-corrected chi connectivity index (χ0v) is 30.6. The van der Waals surface area contributed by atoms with E-state index in [1.807, 2.05) is 134 Å². The summed E-state index contributed by atoms with van der Waals surface area (Å²) in [7, 11) is 4.01. The molecule has 8 aromatic rings. The van der Waals surface area contributed by atoms with E-state index in [-0.39, 0.29) is 19.5 Å². The van der Waals surface area contributed by atoms with Gasteiger partial charge in [-0.1, -0.05) is 84.9 Å². The Morgan fingerprint density at radius 2 is 0.882 bits per heavy atom. The van der Waals surface area contributed by atoms with Crippen LogP contribution >= 0.6 is 0 Å². The van der Waals surface area contributed by atoms with Gasteiger partial charge in [-0.2, -0.15) is 0 Å². The van der Waals surface area contributed by atoms with Crippen molar-refractivity contribution < 1.29 is 24.2 Å². The topological polar surface area (TPSA) is 118 Å². The van der Waals surface area contributed by atoms with E-state index in [4.69, 9.17) is 44.6 Å². The molecule has 0 N–H and O–H groups in total. The molecule has 0 radical (unpaired) electrons. The van der Waals surface area contributed by atoms with E-state index in [0.29, 0.717) is 62.8 Å². The van der Waals surface area contributed by atoms with Crippen LogP contribution in [0.2, 0.25) is 0 Å². The number of nitrogens with zero attached hydrogens (tertiary/aromatic N) is 9. The van der Waals surface area contributed by atoms with E-state index in [1.165, 1.54) is 0 Å². The van der Waals surface area contributed by atoms with E-state index in [2.05, 4.69) is 0 Å². The summed E-state index contributed by atoms with van der Waals surface area (Å²) in [6, 6.07) is 37.6. The second-order valence-electron chi connectivity index (χ2n) is 12.3. The zero-order chi connectivity index (χ0) is 33.3. The van der Waals surface area contributed by atoms with Crippen LogP contribution in [0.15, 0.2) is 115 Å². The largest absolute Gasteiger partial charge is 2.00 e. The summed E-state index contributed by atoms with van der Waals surface area (Å²) >= 11 is 0. The van der Waals surface area contributed by atoms with Gasteiger partial charge in [0.1, 0.15) is 11.5 Å². The molecule has 3 aromatic heterocycles. The molecular formula is C40H25N9OZn. The molecule has 0 fully saturated rings. The average molecular weight is 713 g/mol. The third-order valence-corrected chi connectivity index (χ3v) is 8.99. The van der Waals surface area contributed by atoms with Gasteiger partial charge in [0.2, 0.25) is 0 Å². The Morgan fingerprint density at radius 3 is 1.39 bits per heavy atom. The third-order valence-electron chi connectivity index (χ3n) is 8.99. The van der Waals surface area contributed by atoms with Crippen LogP contribution in [0.4, 0.5) is 5.69 Å². The molecule has 0 amide bonds. The van der Waals surface area contributed by atoms with Gasteiger partial charge < -0.3 is 39.5 Å². The Bertz CT molecular complexity index is 2840. The van der Waals surface area contributed by atoms with Gasteiger partial charge in [0.05, 0.1) is 23.3 Å². The summed E-state index contributed by atoms with van der Waals surface area (Å²) in [4.78, 5) is 42.1. The molecular weight excluding hydrogens is 688 g/mol. The third kappa shape index (κ3) is 5.04. The van der Waals surface area contributed by atoms with Crippen LogP contribution in [0.1, 0.15) is 0 Å². The normalized spacial score (nSPS) is 11.6. The fourth-order valence-corrected chi connectivity index (χ4v) is 6.55. The molecule has 10 rings (SSSR count). The van der Waals surface area contributed by atoms with Crippen LogP contribution in [0.25, 0.3) is 89.7 Å². The molecule has 11 heteroatoms. The zero-order valence-electron chi connectivity index (χ0n) is 27.6. The fourth-order valence-electron chi connectivity index (χ4n) is 6.55. The monoisotopic (exact) mass is 711 g/mol. The van der Waals surface area contributed by atoms with E-state index in [1.54, 1.807) is 0 Å². The summed E-state index contributed by atoms with van der Waals surface area (Å²) in [6.07, 6.45) is 0. The molecule has 2 aliphatic rings. The minimum atomic E-state index is 0. The minimum absolute atomic E-state index is 0. The first-order valence-corrected chi connectivity index (χ1v) is 16.2. The SMILES string of the molecule is CN(C)c1ccc(Oc2cccc3c4nc5nc(nc6[n-]c(nc7nc(nc([n-]4)c23)-c2ccccc2-7)c2ccccc62)-c2ccccc2-5)cc1.[Zn+2]. The van der Waals surface area contributed by atoms with Gasteiger partial charge in [-0.3, -0.25) is 0 Å². The van der Waals surface area contributed by atoms with Crippen LogP contribution in [0, 0.1) is 0 Å². The molecule has 0 saturated carbocycles. The van der Waals surface area contributed by atoms with Gasteiger partial charge >= 0.3 is 19.5 Å². The van der Waals surface area contributed by atoms with Gasteiger partial charge in [0.15, 0.2) is 0 Å². The van der Waals surface area contributed by atoms with Gasteiger partial charge in [-0.15, -0.1) is 0 Å². The maximum Gasteiger partial charge on any atom is 2.00 e. The standard InChI is InChI=1S/C40H25N9O.Zn/c1-49(2)22-18-20-23(21-19-22)50-31-17-9-16-30-32(31)40-47-38-29-15-8-7-14-28(29)36(45-38)43-34-25-11-4-3-10-24(25)33(41-34)42-35-26-12-5-6-13-27(26)37(44-35)46-39(30)48-40;/h3-21H,1-2H3;/q-2;+2. The molecule has 5 aromatic carbocycles. The van der Waals surface area contributed by atoms with Crippen molar-refractivity contribution in [3.05, 3.63) is 115 Å². The molecule has 0 unspecified atom stereocenters. The van der Waals surface area contributed by atoms with Gasteiger partial charge in [-0.05, 0) is 46.5 Å². The van der Waals surface area contributed by atoms with Crippen molar-refractivity contribution in [3.8, 4) is 57.1 Å². The number of fused-ring (bicyclic) bond motifs is 20. The second-order valence-corrected chi connectivity index (χ2v) is 12.3. The Morgan fingerprint density at radius 1 is 0.451 bits per heavy atom. The first-order valence-electron chi connectivity index (χ1n) is 16.2. The van der Waals surface area contributed by atoms with E-state index >= 15 is 0 Å². The number of ether oxygens (including phenoxy) is 1. The van der Waals surface area contributed by atoms with Crippen molar-refractivity contribution in [2.24, 2.45) is 0 Å². The number of hydrogen-bond donors (Lipinski definition) is 0. The van der Waals surface area contributed by atoms with Crippen LogP contribution < -0.4 is 19.6 Å². The van der Waals surface area contributed by atoms with Crippen molar-refractivity contribution in [1.82, 2.24) is 39.9 Å². The van der Waals surface area contributed by atoms with Crippen LogP contribution in [-0.4, -0.2) is 44.0 Å². The van der Waals surface area contributed by atoms with Crippen LogP contribution in [-0.2, 0) is 19.5 Å². The fraction of sp³-hybridized carbons (Fsp3) is 0.0500. The van der Waals surface area contributed by atoms with E-state index < -0.39 is 0 Å². The molecule has 10 nitrogen and oxygen atoms in total. The number of benzene rings is 5. The average Bonchev–Trinajstić information content (AvgIpc) is 3.88. The summed E-state index contributed by atoms with van der Waals surface area (Å²) in [5.74, 6) is 3.31. The predicted molar refractivity (Wildman–Crippen MR) is 195 cm³/mol. The Kier molecular flexibility index (Phi) is 7.19. The number of anilines is 1. The Hall–Kier alpha value is -6.32. The molecule has 2 aliphatic heterocycles. The number of aromatic nitrogens is 8. The van der Waals surface area contributed by atoms with Crippen LogP contribution in [0.5, 0.6) is 11.5 Å². The molecule has 8 bridgehead atoms. The minimum Gasteiger partial charge on any atom is -0.457 e. The van der Waals surface area contributed by atoms with Crippen molar-refractivity contribution in [1.29, 1.82) is 0 Å².